The second-order valence-electron chi connectivity index (χ2n) is 6.91. The van der Waals surface area contributed by atoms with Gasteiger partial charge in [0, 0.05) is 5.02 Å². The molecule has 0 heterocycles. The van der Waals surface area contributed by atoms with Crippen LogP contribution < -0.4 is 24.4 Å². The fourth-order valence-electron chi connectivity index (χ4n) is 2.80. The monoisotopic (exact) mass is 516 g/mol. The summed E-state index contributed by atoms with van der Waals surface area (Å²) in [5, 5.41) is 4.51. The molecule has 0 aliphatic carbocycles. The molecule has 3 rings (SSSR count). The highest BCUT2D eigenvalue weighted by molar-refractivity contribution is 6.36. The first-order chi connectivity index (χ1) is 16.9. The van der Waals surface area contributed by atoms with Crippen molar-refractivity contribution in [2.75, 3.05) is 20.3 Å². The van der Waals surface area contributed by atoms with E-state index in [0.717, 1.165) is 0 Å². The number of nitrogens with zero attached hydrogens (tertiary/aromatic N) is 1. The van der Waals surface area contributed by atoms with E-state index in [4.69, 9.17) is 42.1 Å². The average molecular weight is 517 g/mol. The molecule has 0 radical (unpaired) electrons. The van der Waals surface area contributed by atoms with Crippen molar-refractivity contribution in [1.82, 2.24) is 5.43 Å². The van der Waals surface area contributed by atoms with Crippen LogP contribution in [0.5, 0.6) is 23.0 Å². The van der Waals surface area contributed by atoms with Gasteiger partial charge < -0.3 is 18.9 Å². The molecular formula is C25H22Cl2N2O6. The molecule has 0 saturated carbocycles. The Morgan fingerprint density at radius 1 is 0.943 bits per heavy atom. The first-order valence-corrected chi connectivity index (χ1v) is 11.2. The number of carbonyl (C=O) groups excluding carboxylic acids is 2. The minimum Gasteiger partial charge on any atom is -0.497 e. The zero-order valence-corrected chi connectivity index (χ0v) is 20.4. The molecule has 0 fully saturated rings. The van der Waals surface area contributed by atoms with E-state index >= 15 is 0 Å². The highest BCUT2D eigenvalue weighted by Crippen LogP contribution is 2.30. The van der Waals surface area contributed by atoms with Gasteiger partial charge in [-0.2, -0.15) is 5.10 Å². The predicted octanol–water partition coefficient (Wildman–Crippen LogP) is 5.15. The molecule has 0 spiro atoms. The third kappa shape index (κ3) is 7.63. The molecule has 0 unspecified atom stereocenters. The third-order valence-corrected chi connectivity index (χ3v) is 5.00. The van der Waals surface area contributed by atoms with Crippen LogP contribution in [0, 0.1) is 0 Å². The van der Waals surface area contributed by atoms with E-state index in [1.54, 1.807) is 62.6 Å². The van der Waals surface area contributed by atoms with Crippen molar-refractivity contribution in [2.45, 2.75) is 6.92 Å². The lowest BCUT2D eigenvalue weighted by Gasteiger charge is -2.12. The van der Waals surface area contributed by atoms with E-state index < -0.39 is 11.9 Å². The number of halogens is 2. The number of carbonyl (C=O) groups is 2. The van der Waals surface area contributed by atoms with Gasteiger partial charge in [0.25, 0.3) is 5.91 Å². The van der Waals surface area contributed by atoms with Gasteiger partial charge in [0.1, 0.15) is 11.5 Å². The molecule has 0 saturated heterocycles. The molecular weight excluding hydrogens is 495 g/mol. The van der Waals surface area contributed by atoms with Gasteiger partial charge in [0.2, 0.25) is 0 Å². The Morgan fingerprint density at radius 2 is 1.69 bits per heavy atom. The molecule has 35 heavy (non-hydrogen) atoms. The smallest absolute Gasteiger partial charge is 0.345 e. The molecule has 1 amide bonds. The summed E-state index contributed by atoms with van der Waals surface area (Å²) in [7, 11) is 1.57. The van der Waals surface area contributed by atoms with Crippen molar-refractivity contribution >= 4 is 41.3 Å². The van der Waals surface area contributed by atoms with Crippen LogP contribution in [0.1, 0.15) is 22.8 Å². The molecule has 8 nitrogen and oxygen atoms in total. The number of hydrazone groups is 1. The molecule has 1 N–H and O–H groups in total. The summed E-state index contributed by atoms with van der Waals surface area (Å²) >= 11 is 12.0. The fraction of sp³-hybridized carbons (Fsp3) is 0.160. The highest BCUT2D eigenvalue weighted by atomic mass is 35.5. The minimum absolute atomic E-state index is 0.170. The van der Waals surface area contributed by atoms with Crippen molar-refractivity contribution in [2.24, 2.45) is 5.10 Å². The molecule has 0 aromatic heterocycles. The van der Waals surface area contributed by atoms with Gasteiger partial charge in [-0.25, -0.2) is 10.2 Å². The van der Waals surface area contributed by atoms with Crippen molar-refractivity contribution < 1.29 is 28.5 Å². The van der Waals surface area contributed by atoms with Crippen LogP contribution in [-0.2, 0) is 4.79 Å². The summed E-state index contributed by atoms with van der Waals surface area (Å²) in [4.78, 5) is 24.5. The third-order valence-electron chi connectivity index (χ3n) is 4.45. The Kier molecular flexibility index (Phi) is 9.34. The molecule has 0 atom stereocenters. The van der Waals surface area contributed by atoms with Gasteiger partial charge in [-0.3, -0.25) is 4.79 Å². The summed E-state index contributed by atoms with van der Waals surface area (Å²) in [5.74, 6) is 0.648. The topological polar surface area (TPSA) is 95.5 Å². The first-order valence-electron chi connectivity index (χ1n) is 10.4. The van der Waals surface area contributed by atoms with Gasteiger partial charge >= 0.3 is 5.97 Å². The standard InChI is InChI=1S/C25H22Cl2N2O6/c1-3-33-23-12-16(4-11-22(23)35-25(31)20-10-5-17(26)13-21(20)27)14-28-29-24(30)15-34-19-8-6-18(32-2)7-9-19/h4-14H,3,15H2,1-2H3,(H,29,30)/b28-14-. The predicted molar refractivity (Wildman–Crippen MR) is 133 cm³/mol. The first kappa shape index (κ1) is 25.9. The van der Waals surface area contributed by atoms with Crippen LogP contribution in [0.3, 0.4) is 0 Å². The highest BCUT2D eigenvalue weighted by Gasteiger charge is 2.16. The Labute approximate surface area is 212 Å². The van der Waals surface area contributed by atoms with Crippen LogP contribution >= 0.6 is 23.2 Å². The number of nitrogens with one attached hydrogen (secondary N) is 1. The van der Waals surface area contributed by atoms with Crippen molar-refractivity contribution in [3.63, 3.8) is 0 Å². The molecule has 0 aliphatic rings. The summed E-state index contributed by atoms with van der Waals surface area (Å²) < 4.78 is 21.5. The molecule has 182 valence electrons. The Hall–Kier alpha value is -3.75. The molecule has 0 aliphatic heterocycles. The van der Waals surface area contributed by atoms with Gasteiger partial charge in [-0.15, -0.1) is 0 Å². The second-order valence-corrected chi connectivity index (χ2v) is 7.75. The van der Waals surface area contributed by atoms with Gasteiger partial charge in [0.15, 0.2) is 18.1 Å². The number of ether oxygens (including phenoxy) is 4. The number of methoxy groups -OCH3 is 1. The summed E-state index contributed by atoms with van der Waals surface area (Å²) in [5.41, 5.74) is 3.16. The SMILES string of the molecule is CCOc1cc(/C=N\NC(=O)COc2ccc(OC)cc2)ccc1OC(=O)c1ccc(Cl)cc1Cl. The molecule has 10 heteroatoms. The summed E-state index contributed by atoms with van der Waals surface area (Å²) in [6.07, 6.45) is 1.43. The van der Waals surface area contributed by atoms with Crippen molar-refractivity contribution in [3.05, 3.63) is 81.8 Å². The normalized spacial score (nSPS) is 10.6. The number of hydrogen-bond donors (Lipinski definition) is 1. The minimum atomic E-state index is -0.654. The molecule has 3 aromatic carbocycles. The zero-order valence-electron chi connectivity index (χ0n) is 18.9. The van der Waals surface area contributed by atoms with E-state index in [-0.39, 0.29) is 22.9 Å². The molecule has 0 bridgehead atoms. The quantitative estimate of drug-likeness (QED) is 0.173. The fourth-order valence-corrected chi connectivity index (χ4v) is 3.29. The van der Waals surface area contributed by atoms with Crippen LogP contribution in [0.4, 0.5) is 0 Å². The van der Waals surface area contributed by atoms with E-state index in [0.29, 0.717) is 34.4 Å². The lowest BCUT2D eigenvalue weighted by Crippen LogP contribution is -2.24. The van der Waals surface area contributed by atoms with Crippen LogP contribution in [0.2, 0.25) is 10.0 Å². The van der Waals surface area contributed by atoms with E-state index in [2.05, 4.69) is 10.5 Å². The lowest BCUT2D eigenvalue weighted by molar-refractivity contribution is -0.123. The van der Waals surface area contributed by atoms with Crippen LogP contribution in [0.25, 0.3) is 0 Å². The zero-order chi connectivity index (χ0) is 25.2. The number of amides is 1. The van der Waals surface area contributed by atoms with Gasteiger partial charge in [0.05, 0.1) is 30.5 Å². The lowest BCUT2D eigenvalue weighted by atomic mass is 10.2. The largest absolute Gasteiger partial charge is 0.497 e. The van der Waals surface area contributed by atoms with Crippen molar-refractivity contribution in [1.29, 1.82) is 0 Å². The Morgan fingerprint density at radius 3 is 2.37 bits per heavy atom. The number of rotatable bonds is 10. The maximum absolute atomic E-state index is 12.5. The van der Waals surface area contributed by atoms with E-state index in [9.17, 15) is 9.59 Å². The van der Waals surface area contributed by atoms with E-state index in [1.807, 2.05) is 0 Å². The Bertz CT molecular complexity index is 1220. The maximum atomic E-state index is 12.5. The average Bonchev–Trinajstić information content (AvgIpc) is 2.84. The number of esters is 1. The number of hydrogen-bond acceptors (Lipinski definition) is 7. The van der Waals surface area contributed by atoms with Gasteiger partial charge in [-0.05, 0) is 73.2 Å². The second kappa shape index (κ2) is 12.6. The molecule has 3 aromatic rings. The van der Waals surface area contributed by atoms with Crippen LogP contribution in [-0.4, -0.2) is 38.4 Å². The van der Waals surface area contributed by atoms with E-state index in [1.165, 1.54) is 18.3 Å². The summed E-state index contributed by atoms with van der Waals surface area (Å²) in [6.45, 7) is 1.92. The maximum Gasteiger partial charge on any atom is 0.345 e. The van der Waals surface area contributed by atoms with Crippen LogP contribution in [0.15, 0.2) is 65.8 Å². The van der Waals surface area contributed by atoms with Crippen molar-refractivity contribution in [3.8, 4) is 23.0 Å². The number of benzene rings is 3. The van der Waals surface area contributed by atoms with Gasteiger partial charge in [-0.1, -0.05) is 23.2 Å². The Balaban J connectivity index is 1.59. The summed E-state index contributed by atoms with van der Waals surface area (Å²) in [6, 6.07) is 16.2.